The first kappa shape index (κ1) is 18.3. The highest BCUT2D eigenvalue weighted by molar-refractivity contribution is 6.03. The molecule has 1 amide bonds. The van der Waals surface area contributed by atoms with E-state index in [2.05, 4.69) is 24.2 Å². The Labute approximate surface area is 164 Å². The molecular formula is C22H23N3O3. The van der Waals surface area contributed by atoms with Gasteiger partial charge in [0.1, 0.15) is 17.6 Å². The SMILES string of the molecule is Cc1ccc(C2=NN(C(=O)CN(C)Cc3ccco3)[C@H](c3ccco3)C2)cc1. The molecule has 1 atom stereocenters. The third kappa shape index (κ3) is 3.92. The van der Waals surface area contributed by atoms with Gasteiger partial charge in [0.05, 0.1) is 31.3 Å². The van der Waals surface area contributed by atoms with E-state index in [0.717, 1.165) is 22.8 Å². The van der Waals surface area contributed by atoms with Crippen molar-refractivity contribution in [3.05, 3.63) is 83.7 Å². The first-order chi connectivity index (χ1) is 13.6. The summed E-state index contributed by atoms with van der Waals surface area (Å²) in [5.41, 5.74) is 3.11. The molecule has 0 bridgehead atoms. The van der Waals surface area contributed by atoms with Gasteiger partial charge in [-0.05, 0) is 43.8 Å². The zero-order valence-corrected chi connectivity index (χ0v) is 16.0. The molecule has 0 saturated carbocycles. The van der Waals surface area contributed by atoms with E-state index in [0.29, 0.717) is 13.0 Å². The zero-order valence-electron chi connectivity index (χ0n) is 16.0. The monoisotopic (exact) mass is 377 g/mol. The average Bonchev–Trinajstić information content (AvgIpc) is 3.43. The number of furan rings is 2. The number of aryl methyl sites for hydroxylation is 1. The van der Waals surface area contributed by atoms with Gasteiger partial charge < -0.3 is 8.83 Å². The number of nitrogens with zero attached hydrogens (tertiary/aromatic N) is 3. The van der Waals surface area contributed by atoms with E-state index in [-0.39, 0.29) is 18.5 Å². The second kappa shape index (κ2) is 7.86. The van der Waals surface area contributed by atoms with Crippen LogP contribution in [0.1, 0.15) is 35.1 Å². The van der Waals surface area contributed by atoms with Gasteiger partial charge in [-0.15, -0.1) is 0 Å². The Bertz CT molecular complexity index is 944. The lowest BCUT2D eigenvalue weighted by Crippen LogP contribution is -2.36. The molecule has 0 unspecified atom stereocenters. The summed E-state index contributed by atoms with van der Waals surface area (Å²) >= 11 is 0. The first-order valence-corrected chi connectivity index (χ1v) is 9.31. The average molecular weight is 377 g/mol. The van der Waals surface area contributed by atoms with Gasteiger partial charge >= 0.3 is 0 Å². The minimum atomic E-state index is -0.226. The lowest BCUT2D eigenvalue weighted by molar-refractivity contribution is -0.134. The third-order valence-electron chi connectivity index (χ3n) is 4.83. The highest BCUT2D eigenvalue weighted by Gasteiger charge is 2.35. The van der Waals surface area contributed by atoms with Crippen LogP contribution in [0.2, 0.25) is 0 Å². The molecule has 3 aromatic rings. The van der Waals surface area contributed by atoms with Gasteiger partial charge in [0, 0.05) is 6.42 Å². The van der Waals surface area contributed by atoms with Crippen molar-refractivity contribution in [2.75, 3.05) is 13.6 Å². The van der Waals surface area contributed by atoms with Crippen molar-refractivity contribution in [2.45, 2.75) is 25.9 Å². The van der Waals surface area contributed by atoms with Gasteiger partial charge in [-0.25, -0.2) is 5.01 Å². The van der Waals surface area contributed by atoms with E-state index in [9.17, 15) is 4.79 Å². The molecule has 144 valence electrons. The first-order valence-electron chi connectivity index (χ1n) is 9.31. The number of hydrogen-bond acceptors (Lipinski definition) is 5. The molecule has 1 aliphatic heterocycles. The highest BCUT2D eigenvalue weighted by Crippen LogP contribution is 2.33. The molecule has 1 aliphatic rings. The zero-order chi connectivity index (χ0) is 19.5. The van der Waals surface area contributed by atoms with Crippen LogP contribution in [0.3, 0.4) is 0 Å². The fourth-order valence-corrected chi connectivity index (χ4v) is 3.39. The van der Waals surface area contributed by atoms with Gasteiger partial charge in [0.25, 0.3) is 5.91 Å². The molecule has 0 saturated heterocycles. The van der Waals surface area contributed by atoms with Gasteiger partial charge in [0.15, 0.2) is 0 Å². The molecule has 2 aromatic heterocycles. The van der Waals surface area contributed by atoms with Crippen LogP contribution in [0.5, 0.6) is 0 Å². The fourth-order valence-electron chi connectivity index (χ4n) is 3.39. The van der Waals surface area contributed by atoms with Crippen molar-refractivity contribution in [2.24, 2.45) is 5.10 Å². The van der Waals surface area contributed by atoms with Gasteiger partial charge in [-0.1, -0.05) is 29.8 Å². The third-order valence-corrected chi connectivity index (χ3v) is 4.83. The van der Waals surface area contributed by atoms with Crippen LogP contribution in [0.4, 0.5) is 0 Å². The van der Waals surface area contributed by atoms with Crippen LogP contribution < -0.4 is 0 Å². The largest absolute Gasteiger partial charge is 0.468 e. The van der Waals surface area contributed by atoms with Crippen LogP contribution in [0.25, 0.3) is 0 Å². The van der Waals surface area contributed by atoms with Crippen LogP contribution in [0.15, 0.2) is 75.0 Å². The molecular weight excluding hydrogens is 354 g/mol. The topological polar surface area (TPSA) is 62.2 Å². The van der Waals surface area contributed by atoms with Crippen LogP contribution in [-0.2, 0) is 11.3 Å². The van der Waals surface area contributed by atoms with Crippen molar-refractivity contribution < 1.29 is 13.6 Å². The van der Waals surface area contributed by atoms with E-state index in [4.69, 9.17) is 8.83 Å². The number of hydrogen-bond donors (Lipinski definition) is 0. The van der Waals surface area contributed by atoms with Crippen molar-refractivity contribution >= 4 is 11.6 Å². The molecule has 0 radical (unpaired) electrons. The summed E-state index contributed by atoms with van der Waals surface area (Å²) in [6, 6.07) is 15.5. The predicted molar refractivity (Wildman–Crippen MR) is 106 cm³/mol. The standard InChI is InChI=1S/C22H23N3O3/c1-16-7-9-17(10-8-16)19-13-20(21-6-4-12-28-21)25(23-19)22(26)15-24(2)14-18-5-3-11-27-18/h3-12,20H,13-15H2,1-2H3/t20-/m0/s1. The highest BCUT2D eigenvalue weighted by atomic mass is 16.3. The molecule has 0 fully saturated rings. The number of carbonyl (C=O) groups excluding carboxylic acids is 1. The maximum atomic E-state index is 13.0. The summed E-state index contributed by atoms with van der Waals surface area (Å²) in [6.07, 6.45) is 3.89. The number of rotatable bonds is 6. The van der Waals surface area contributed by atoms with E-state index in [1.165, 1.54) is 5.56 Å². The van der Waals surface area contributed by atoms with Crippen LogP contribution in [0, 0.1) is 6.92 Å². The lowest BCUT2D eigenvalue weighted by Gasteiger charge is -2.22. The molecule has 28 heavy (non-hydrogen) atoms. The van der Waals surface area contributed by atoms with Crippen molar-refractivity contribution in [1.29, 1.82) is 0 Å². The van der Waals surface area contributed by atoms with E-state index >= 15 is 0 Å². The molecule has 3 heterocycles. The molecule has 4 rings (SSSR count). The number of benzene rings is 1. The van der Waals surface area contributed by atoms with Gasteiger partial charge in [0.2, 0.25) is 0 Å². The molecule has 6 nitrogen and oxygen atoms in total. The maximum Gasteiger partial charge on any atom is 0.257 e. The molecule has 1 aromatic carbocycles. The van der Waals surface area contributed by atoms with Crippen molar-refractivity contribution in [3.8, 4) is 0 Å². The minimum absolute atomic E-state index is 0.0717. The maximum absolute atomic E-state index is 13.0. The number of carbonyl (C=O) groups is 1. The summed E-state index contributed by atoms with van der Waals surface area (Å²) in [7, 11) is 1.89. The summed E-state index contributed by atoms with van der Waals surface area (Å²) in [5.74, 6) is 1.49. The summed E-state index contributed by atoms with van der Waals surface area (Å²) in [6.45, 7) is 2.85. The summed E-state index contributed by atoms with van der Waals surface area (Å²) in [5, 5.41) is 6.23. The Hall–Kier alpha value is -3.12. The van der Waals surface area contributed by atoms with Gasteiger partial charge in [-0.3, -0.25) is 9.69 Å². The Balaban J connectivity index is 1.53. The number of hydrazone groups is 1. The number of amides is 1. The minimum Gasteiger partial charge on any atom is -0.468 e. The molecule has 0 aliphatic carbocycles. The van der Waals surface area contributed by atoms with E-state index in [1.54, 1.807) is 17.5 Å². The normalized spacial score (nSPS) is 16.6. The quantitative estimate of drug-likeness (QED) is 0.652. The van der Waals surface area contributed by atoms with Crippen molar-refractivity contribution in [1.82, 2.24) is 9.91 Å². The predicted octanol–water partition coefficient (Wildman–Crippen LogP) is 3.99. The van der Waals surface area contributed by atoms with Crippen molar-refractivity contribution in [3.63, 3.8) is 0 Å². The lowest BCUT2D eigenvalue weighted by atomic mass is 10.0. The second-order valence-electron chi connectivity index (χ2n) is 7.14. The second-order valence-corrected chi connectivity index (χ2v) is 7.14. The van der Waals surface area contributed by atoms with Crippen LogP contribution in [-0.4, -0.2) is 35.1 Å². The van der Waals surface area contributed by atoms with Gasteiger partial charge in [-0.2, -0.15) is 5.10 Å². The summed E-state index contributed by atoms with van der Waals surface area (Å²) in [4.78, 5) is 14.9. The molecule has 6 heteroatoms. The van der Waals surface area contributed by atoms with E-state index in [1.807, 2.05) is 48.3 Å². The Kier molecular flexibility index (Phi) is 5.12. The Morgan fingerprint density at radius 2 is 1.89 bits per heavy atom. The fraction of sp³-hybridized carbons (Fsp3) is 0.273. The molecule has 0 N–H and O–H groups in total. The van der Waals surface area contributed by atoms with Crippen LogP contribution >= 0.6 is 0 Å². The smallest absolute Gasteiger partial charge is 0.257 e. The Morgan fingerprint density at radius 3 is 2.57 bits per heavy atom. The molecule has 0 spiro atoms. The number of likely N-dealkylation sites (N-methyl/N-ethyl adjacent to an activating group) is 1. The Morgan fingerprint density at radius 1 is 1.14 bits per heavy atom. The van der Waals surface area contributed by atoms with E-state index < -0.39 is 0 Å². The summed E-state index contributed by atoms with van der Waals surface area (Å²) < 4.78 is 11.0.